The maximum Gasteiger partial charge on any atom is 0.260 e. The van der Waals surface area contributed by atoms with Gasteiger partial charge in [-0.15, -0.1) is 11.3 Å². The van der Waals surface area contributed by atoms with E-state index in [1.54, 1.807) is 0 Å². The Morgan fingerprint density at radius 3 is 2.40 bits per heavy atom. The quantitative estimate of drug-likeness (QED) is 0.796. The Bertz CT molecular complexity index is 513. The summed E-state index contributed by atoms with van der Waals surface area (Å²) in [6.07, 6.45) is 7.31. The molecule has 0 radical (unpaired) electrons. The average molecular weight is 293 g/mol. The van der Waals surface area contributed by atoms with E-state index < -0.39 is 5.91 Å². The summed E-state index contributed by atoms with van der Waals surface area (Å²) in [5, 5.41) is 4.73. The van der Waals surface area contributed by atoms with Crippen molar-refractivity contribution in [3.8, 4) is 0 Å². The van der Waals surface area contributed by atoms with Gasteiger partial charge >= 0.3 is 0 Å². The van der Waals surface area contributed by atoms with Gasteiger partial charge in [0.2, 0.25) is 0 Å². The number of primary amides is 1. The first-order chi connectivity index (χ1) is 9.56. The summed E-state index contributed by atoms with van der Waals surface area (Å²) in [7, 11) is 0. The highest BCUT2D eigenvalue weighted by Crippen LogP contribution is 2.51. The van der Waals surface area contributed by atoms with E-state index in [0.29, 0.717) is 22.5 Å². The molecule has 1 aromatic heterocycles. The number of nitrogens with one attached hydrogen (secondary N) is 1. The molecule has 0 saturated heterocycles. The minimum atomic E-state index is -0.403. The molecule has 1 amide bonds. The fraction of sp³-hybridized carbons (Fsp3) is 0.667. The Morgan fingerprint density at radius 2 is 1.85 bits per heavy atom. The van der Waals surface area contributed by atoms with Crippen molar-refractivity contribution in [2.45, 2.75) is 57.4 Å². The second-order valence-electron chi connectivity index (χ2n) is 6.33. The second kappa shape index (κ2) is 5.28. The van der Waals surface area contributed by atoms with E-state index in [0.717, 1.165) is 16.5 Å². The van der Waals surface area contributed by atoms with Crippen LogP contribution in [0, 0.1) is 5.92 Å². The van der Waals surface area contributed by atoms with Gasteiger partial charge in [0.05, 0.1) is 10.7 Å². The molecule has 2 aliphatic carbocycles. The molecule has 0 aliphatic heterocycles. The number of carbonyl (C=O) groups is 1. The zero-order valence-corrected chi connectivity index (χ0v) is 12.8. The molecule has 110 valence electrons. The molecule has 0 aromatic carbocycles. The van der Waals surface area contributed by atoms with Crippen molar-refractivity contribution in [2.75, 3.05) is 11.1 Å². The van der Waals surface area contributed by atoms with Gasteiger partial charge in [0.25, 0.3) is 5.91 Å². The van der Waals surface area contributed by atoms with Crippen molar-refractivity contribution in [3.63, 3.8) is 0 Å². The first-order valence-electron chi connectivity index (χ1n) is 7.54. The van der Waals surface area contributed by atoms with Gasteiger partial charge in [-0.1, -0.05) is 6.92 Å². The first-order valence-corrected chi connectivity index (χ1v) is 8.36. The van der Waals surface area contributed by atoms with E-state index in [2.05, 4.69) is 12.2 Å². The summed E-state index contributed by atoms with van der Waals surface area (Å²) < 4.78 is 0. The lowest BCUT2D eigenvalue weighted by atomic mass is 9.87. The number of nitrogens with two attached hydrogens (primary N) is 2. The maximum absolute atomic E-state index is 11.5. The number of hydrogen-bond donors (Lipinski definition) is 3. The van der Waals surface area contributed by atoms with Crippen molar-refractivity contribution in [3.05, 3.63) is 10.4 Å². The highest BCUT2D eigenvalue weighted by atomic mass is 32.1. The van der Waals surface area contributed by atoms with E-state index in [9.17, 15) is 4.79 Å². The van der Waals surface area contributed by atoms with E-state index >= 15 is 0 Å². The highest BCUT2D eigenvalue weighted by molar-refractivity contribution is 7.18. The Morgan fingerprint density at radius 1 is 1.20 bits per heavy atom. The van der Waals surface area contributed by atoms with Crippen LogP contribution in [0.3, 0.4) is 0 Å². The summed E-state index contributed by atoms with van der Waals surface area (Å²) in [6, 6.07) is 0.516. The third kappa shape index (κ3) is 2.64. The van der Waals surface area contributed by atoms with Crippen LogP contribution in [0.1, 0.15) is 66.6 Å². The van der Waals surface area contributed by atoms with Gasteiger partial charge in [0, 0.05) is 11.6 Å². The lowest BCUT2D eigenvalue weighted by Gasteiger charge is -2.27. The largest absolute Gasteiger partial charge is 0.397 e. The molecule has 0 bridgehead atoms. The molecule has 5 N–H and O–H groups in total. The van der Waals surface area contributed by atoms with Crippen LogP contribution >= 0.6 is 11.3 Å². The topological polar surface area (TPSA) is 81.1 Å². The molecule has 3 rings (SSSR count). The van der Waals surface area contributed by atoms with Crippen molar-refractivity contribution >= 4 is 27.9 Å². The summed E-state index contributed by atoms with van der Waals surface area (Å²) in [4.78, 5) is 12.0. The Labute approximate surface area is 123 Å². The van der Waals surface area contributed by atoms with Crippen LogP contribution in [-0.4, -0.2) is 11.9 Å². The SMILES string of the molecule is CC1CCC(Nc2sc(C(N)=O)c(N)c2C2CC2)CC1. The van der Waals surface area contributed by atoms with Crippen LogP contribution in [0.5, 0.6) is 0 Å². The summed E-state index contributed by atoms with van der Waals surface area (Å²) >= 11 is 1.45. The van der Waals surface area contributed by atoms with Crippen LogP contribution in [0.15, 0.2) is 0 Å². The molecule has 1 heterocycles. The van der Waals surface area contributed by atoms with E-state index in [-0.39, 0.29) is 0 Å². The molecule has 1 aromatic rings. The van der Waals surface area contributed by atoms with E-state index in [1.807, 2.05) is 0 Å². The van der Waals surface area contributed by atoms with Gasteiger partial charge in [-0.05, 0) is 50.4 Å². The minimum absolute atomic E-state index is 0.403. The number of nitrogen functional groups attached to an aromatic ring is 1. The predicted octanol–water partition coefficient (Wildman–Crippen LogP) is 3.30. The number of rotatable bonds is 4. The van der Waals surface area contributed by atoms with Crippen LogP contribution < -0.4 is 16.8 Å². The van der Waals surface area contributed by atoms with Crippen LogP contribution in [0.2, 0.25) is 0 Å². The van der Waals surface area contributed by atoms with Gasteiger partial charge in [0.15, 0.2) is 0 Å². The smallest absolute Gasteiger partial charge is 0.260 e. The maximum atomic E-state index is 11.5. The third-order valence-corrected chi connectivity index (χ3v) is 5.71. The molecular weight excluding hydrogens is 270 g/mol. The van der Waals surface area contributed by atoms with Crippen LogP contribution in [0.25, 0.3) is 0 Å². The molecule has 4 nitrogen and oxygen atoms in total. The van der Waals surface area contributed by atoms with Gasteiger partial charge in [-0.3, -0.25) is 4.79 Å². The van der Waals surface area contributed by atoms with Crippen molar-refractivity contribution in [1.29, 1.82) is 0 Å². The van der Waals surface area contributed by atoms with Gasteiger partial charge in [-0.2, -0.15) is 0 Å². The van der Waals surface area contributed by atoms with Gasteiger partial charge in [-0.25, -0.2) is 0 Å². The molecule has 5 heteroatoms. The number of amides is 1. The van der Waals surface area contributed by atoms with Crippen LogP contribution in [0.4, 0.5) is 10.7 Å². The zero-order valence-electron chi connectivity index (χ0n) is 11.9. The second-order valence-corrected chi connectivity index (χ2v) is 7.35. The predicted molar refractivity (Wildman–Crippen MR) is 84.3 cm³/mol. The third-order valence-electron chi connectivity index (χ3n) is 4.54. The summed E-state index contributed by atoms with van der Waals surface area (Å²) in [6.45, 7) is 2.32. The molecule has 0 spiro atoms. The summed E-state index contributed by atoms with van der Waals surface area (Å²) in [5.74, 6) is 0.967. The van der Waals surface area contributed by atoms with Crippen molar-refractivity contribution in [2.24, 2.45) is 11.7 Å². The van der Waals surface area contributed by atoms with E-state index in [1.165, 1.54) is 49.9 Å². The number of thiophene rings is 1. The molecular formula is C15H23N3OS. The number of hydrogen-bond acceptors (Lipinski definition) is 4. The fourth-order valence-corrected chi connectivity index (χ4v) is 4.25. The zero-order chi connectivity index (χ0) is 14.3. The molecule has 2 fully saturated rings. The first kappa shape index (κ1) is 13.7. The van der Waals surface area contributed by atoms with Crippen LogP contribution in [-0.2, 0) is 0 Å². The molecule has 2 aliphatic rings. The van der Waals surface area contributed by atoms with Crippen molar-refractivity contribution < 1.29 is 4.79 Å². The Hall–Kier alpha value is -1.23. The lowest BCUT2D eigenvalue weighted by Crippen LogP contribution is -2.25. The molecule has 0 atom stereocenters. The van der Waals surface area contributed by atoms with Crippen molar-refractivity contribution in [1.82, 2.24) is 0 Å². The monoisotopic (exact) mass is 293 g/mol. The fourth-order valence-electron chi connectivity index (χ4n) is 3.11. The molecule has 2 saturated carbocycles. The Kier molecular flexibility index (Phi) is 3.63. The lowest BCUT2D eigenvalue weighted by molar-refractivity contribution is 0.100. The molecule has 20 heavy (non-hydrogen) atoms. The van der Waals surface area contributed by atoms with Gasteiger partial charge in [0.1, 0.15) is 4.88 Å². The summed E-state index contributed by atoms with van der Waals surface area (Å²) in [5.41, 5.74) is 13.4. The highest BCUT2D eigenvalue weighted by Gasteiger charge is 2.33. The normalized spacial score (nSPS) is 26.4. The Balaban J connectivity index is 1.81. The molecule has 0 unspecified atom stereocenters. The standard InChI is InChI=1S/C15H23N3OS/c1-8-2-6-10(7-3-8)18-15-11(9-4-5-9)12(16)13(20-15)14(17)19/h8-10,18H,2-7,16H2,1H3,(H2,17,19). The van der Waals surface area contributed by atoms with Gasteiger partial charge < -0.3 is 16.8 Å². The average Bonchev–Trinajstić information content (AvgIpc) is 3.17. The number of anilines is 2. The number of carbonyl (C=O) groups excluding carboxylic acids is 1. The minimum Gasteiger partial charge on any atom is -0.397 e. The van der Waals surface area contributed by atoms with E-state index in [4.69, 9.17) is 11.5 Å².